The van der Waals surface area contributed by atoms with Crippen molar-refractivity contribution in [3.63, 3.8) is 0 Å². The van der Waals surface area contributed by atoms with Gasteiger partial charge in [0, 0.05) is 25.1 Å². The van der Waals surface area contributed by atoms with Crippen LogP contribution < -0.4 is 11.1 Å². The highest BCUT2D eigenvalue weighted by Crippen LogP contribution is 2.21. The van der Waals surface area contributed by atoms with Crippen molar-refractivity contribution in [3.05, 3.63) is 30.0 Å². The summed E-state index contributed by atoms with van der Waals surface area (Å²) in [7, 11) is 0. The van der Waals surface area contributed by atoms with Gasteiger partial charge in [-0.1, -0.05) is 12.1 Å². The molecule has 4 N–H and O–H groups in total. The predicted octanol–water partition coefficient (Wildman–Crippen LogP) is 1.91. The van der Waals surface area contributed by atoms with Gasteiger partial charge in [0.25, 0.3) is 5.91 Å². The van der Waals surface area contributed by atoms with Gasteiger partial charge < -0.3 is 20.8 Å². The summed E-state index contributed by atoms with van der Waals surface area (Å²) in [5, 5.41) is 3.94. The number of hydrogen-bond acceptors (Lipinski definition) is 3. The molecule has 0 saturated carbocycles. The van der Waals surface area contributed by atoms with E-state index in [0.29, 0.717) is 23.8 Å². The van der Waals surface area contributed by atoms with Gasteiger partial charge in [-0.25, -0.2) is 0 Å². The van der Waals surface area contributed by atoms with Crippen LogP contribution in [0.15, 0.2) is 24.3 Å². The van der Waals surface area contributed by atoms with Gasteiger partial charge in [0.2, 0.25) is 0 Å². The van der Waals surface area contributed by atoms with Gasteiger partial charge in [0.15, 0.2) is 0 Å². The van der Waals surface area contributed by atoms with E-state index in [9.17, 15) is 4.79 Å². The van der Waals surface area contributed by atoms with Crippen LogP contribution in [0, 0.1) is 5.92 Å². The van der Waals surface area contributed by atoms with Crippen LogP contribution in [-0.2, 0) is 4.74 Å². The van der Waals surface area contributed by atoms with E-state index >= 15 is 0 Å². The molecule has 1 amide bonds. The largest absolute Gasteiger partial charge is 0.397 e. The molecule has 1 aliphatic rings. The first-order chi connectivity index (χ1) is 9.74. The minimum atomic E-state index is -0.0768. The molecule has 0 radical (unpaired) electrons. The molecule has 0 atom stereocenters. The Morgan fingerprint density at radius 3 is 2.95 bits per heavy atom. The van der Waals surface area contributed by atoms with Crippen LogP contribution in [0.4, 0.5) is 5.69 Å². The van der Waals surface area contributed by atoms with Crippen molar-refractivity contribution in [1.29, 1.82) is 0 Å². The number of aromatic nitrogens is 1. The number of nitrogen functional groups attached to an aromatic ring is 1. The molecule has 0 bridgehead atoms. The van der Waals surface area contributed by atoms with Crippen LogP contribution in [0.1, 0.15) is 23.3 Å². The number of hydrogen-bond donors (Lipinski definition) is 3. The van der Waals surface area contributed by atoms with Crippen molar-refractivity contribution in [2.45, 2.75) is 12.8 Å². The van der Waals surface area contributed by atoms with Crippen molar-refractivity contribution < 1.29 is 9.53 Å². The second-order valence-corrected chi connectivity index (χ2v) is 5.26. The summed E-state index contributed by atoms with van der Waals surface area (Å²) < 4.78 is 5.31. The number of amides is 1. The number of para-hydroxylation sites is 1. The molecule has 106 valence electrons. The number of rotatable bonds is 3. The van der Waals surface area contributed by atoms with Gasteiger partial charge in [-0.3, -0.25) is 4.79 Å². The van der Waals surface area contributed by atoms with Gasteiger partial charge in [0.05, 0.1) is 11.2 Å². The molecule has 5 heteroatoms. The molecule has 2 aromatic rings. The normalized spacial score (nSPS) is 16.4. The molecule has 3 rings (SSSR count). The third-order valence-corrected chi connectivity index (χ3v) is 3.83. The summed E-state index contributed by atoms with van der Waals surface area (Å²) in [5.74, 6) is 0.439. The second kappa shape index (κ2) is 5.54. The van der Waals surface area contributed by atoms with Crippen molar-refractivity contribution in [2.24, 2.45) is 5.92 Å². The smallest absolute Gasteiger partial charge is 0.267 e. The third-order valence-electron chi connectivity index (χ3n) is 3.83. The fraction of sp³-hybridized carbons (Fsp3) is 0.400. The highest BCUT2D eigenvalue weighted by Gasteiger charge is 2.16. The van der Waals surface area contributed by atoms with Crippen LogP contribution in [0.3, 0.4) is 0 Å². The van der Waals surface area contributed by atoms with Crippen LogP contribution in [0.5, 0.6) is 0 Å². The topological polar surface area (TPSA) is 80.1 Å². The zero-order valence-corrected chi connectivity index (χ0v) is 11.3. The molecule has 2 heterocycles. The standard InChI is InChI=1S/C15H19N3O2/c16-12-3-1-2-11-8-13(18-14(11)12)15(19)17-9-10-4-6-20-7-5-10/h1-3,8,10,18H,4-7,9,16H2,(H,17,19). The monoisotopic (exact) mass is 273 g/mol. The van der Waals surface area contributed by atoms with E-state index in [0.717, 1.165) is 37.0 Å². The minimum Gasteiger partial charge on any atom is -0.397 e. The first-order valence-corrected chi connectivity index (χ1v) is 6.97. The first-order valence-electron chi connectivity index (χ1n) is 6.97. The second-order valence-electron chi connectivity index (χ2n) is 5.26. The van der Waals surface area contributed by atoms with Crippen molar-refractivity contribution in [2.75, 3.05) is 25.5 Å². The van der Waals surface area contributed by atoms with E-state index in [4.69, 9.17) is 10.5 Å². The molecular formula is C15H19N3O2. The summed E-state index contributed by atoms with van der Waals surface area (Å²) in [5.41, 5.74) is 7.93. The lowest BCUT2D eigenvalue weighted by molar-refractivity contribution is 0.0642. The number of nitrogens with one attached hydrogen (secondary N) is 2. The van der Waals surface area contributed by atoms with Crippen molar-refractivity contribution in [1.82, 2.24) is 10.3 Å². The SMILES string of the molecule is Nc1cccc2cc(C(=O)NCC3CCOCC3)[nH]c12. The summed E-state index contributed by atoms with van der Waals surface area (Å²) in [6, 6.07) is 7.49. The number of anilines is 1. The molecule has 1 fully saturated rings. The van der Waals surface area contributed by atoms with E-state index in [1.54, 1.807) is 0 Å². The number of fused-ring (bicyclic) bond motifs is 1. The van der Waals surface area contributed by atoms with E-state index in [1.807, 2.05) is 24.3 Å². The summed E-state index contributed by atoms with van der Waals surface area (Å²) in [6.45, 7) is 2.29. The Labute approximate surface area is 117 Å². The molecule has 1 aromatic carbocycles. The number of ether oxygens (including phenoxy) is 1. The number of nitrogens with two attached hydrogens (primary N) is 1. The number of aromatic amines is 1. The Bertz CT molecular complexity index is 615. The Balaban J connectivity index is 1.67. The zero-order valence-electron chi connectivity index (χ0n) is 11.3. The van der Waals surface area contributed by atoms with Crippen LogP contribution in [0.2, 0.25) is 0 Å². The number of benzene rings is 1. The molecule has 20 heavy (non-hydrogen) atoms. The fourth-order valence-corrected chi connectivity index (χ4v) is 2.58. The van der Waals surface area contributed by atoms with Gasteiger partial charge in [-0.15, -0.1) is 0 Å². The van der Waals surface area contributed by atoms with Gasteiger partial charge in [-0.2, -0.15) is 0 Å². The van der Waals surface area contributed by atoms with Crippen LogP contribution >= 0.6 is 0 Å². The minimum absolute atomic E-state index is 0.0768. The third kappa shape index (κ3) is 2.63. The van der Waals surface area contributed by atoms with E-state index < -0.39 is 0 Å². The zero-order chi connectivity index (χ0) is 13.9. The van der Waals surface area contributed by atoms with Crippen LogP contribution in [-0.4, -0.2) is 30.6 Å². The lowest BCUT2D eigenvalue weighted by Crippen LogP contribution is -2.32. The van der Waals surface area contributed by atoms with Crippen LogP contribution in [0.25, 0.3) is 10.9 Å². The average molecular weight is 273 g/mol. The molecule has 5 nitrogen and oxygen atoms in total. The lowest BCUT2D eigenvalue weighted by atomic mass is 10.0. The maximum Gasteiger partial charge on any atom is 0.267 e. The summed E-state index contributed by atoms with van der Waals surface area (Å²) in [4.78, 5) is 15.2. The highest BCUT2D eigenvalue weighted by molar-refractivity contribution is 6.00. The molecule has 1 saturated heterocycles. The number of carbonyl (C=O) groups is 1. The Kier molecular flexibility index (Phi) is 3.60. The quantitative estimate of drug-likeness (QED) is 0.747. The Hall–Kier alpha value is -2.01. The number of H-pyrrole nitrogens is 1. The van der Waals surface area contributed by atoms with Gasteiger partial charge >= 0.3 is 0 Å². The fourth-order valence-electron chi connectivity index (χ4n) is 2.58. The maximum absolute atomic E-state index is 12.2. The van der Waals surface area contributed by atoms with E-state index in [2.05, 4.69) is 10.3 Å². The van der Waals surface area contributed by atoms with E-state index in [1.165, 1.54) is 0 Å². The van der Waals surface area contributed by atoms with Gasteiger partial charge in [0.1, 0.15) is 5.69 Å². The molecule has 1 aromatic heterocycles. The molecule has 0 unspecified atom stereocenters. The predicted molar refractivity (Wildman–Crippen MR) is 78.6 cm³/mol. The van der Waals surface area contributed by atoms with E-state index in [-0.39, 0.29) is 5.91 Å². The summed E-state index contributed by atoms with van der Waals surface area (Å²) >= 11 is 0. The lowest BCUT2D eigenvalue weighted by Gasteiger charge is -2.21. The Morgan fingerprint density at radius 2 is 2.20 bits per heavy atom. The molecule has 0 spiro atoms. The summed E-state index contributed by atoms with van der Waals surface area (Å²) in [6.07, 6.45) is 2.03. The maximum atomic E-state index is 12.2. The van der Waals surface area contributed by atoms with Crippen molar-refractivity contribution >= 4 is 22.5 Å². The first kappa shape index (κ1) is 13.0. The Morgan fingerprint density at radius 1 is 1.40 bits per heavy atom. The van der Waals surface area contributed by atoms with Crippen molar-refractivity contribution in [3.8, 4) is 0 Å². The highest BCUT2D eigenvalue weighted by atomic mass is 16.5. The number of carbonyl (C=O) groups excluding carboxylic acids is 1. The molecule has 1 aliphatic heterocycles. The molecule has 0 aliphatic carbocycles. The van der Waals surface area contributed by atoms with Gasteiger partial charge in [-0.05, 0) is 30.9 Å². The molecular weight excluding hydrogens is 254 g/mol. The average Bonchev–Trinajstić information content (AvgIpc) is 2.91.